The first kappa shape index (κ1) is 24.8. The SMILES string of the molecule is c1ccc(-c2nc(-c3ccccc3)nc(-c3cc4ccc5nc(-c6ccccc6)oc5c4c4c3sc3ccccc34)n2)cc1. The Bertz CT molecular complexity index is 2430. The average Bonchev–Trinajstić information content (AvgIpc) is 3.71. The molecule has 0 bridgehead atoms. The largest absolute Gasteiger partial charge is 0.435 e. The van der Waals surface area contributed by atoms with Crippen molar-refractivity contribution in [1.29, 1.82) is 0 Å². The Balaban J connectivity index is 1.37. The highest BCUT2D eigenvalue weighted by Crippen LogP contribution is 2.46. The fourth-order valence-corrected chi connectivity index (χ4v) is 7.11. The highest BCUT2D eigenvalue weighted by Gasteiger charge is 2.22. The molecule has 0 radical (unpaired) electrons. The molecule has 5 nitrogen and oxygen atoms in total. The maximum Gasteiger partial charge on any atom is 0.227 e. The van der Waals surface area contributed by atoms with Gasteiger partial charge in [-0.3, -0.25) is 0 Å². The van der Waals surface area contributed by atoms with Crippen molar-refractivity contribution in [2.75, 3.05) is 0 Å². The van der Waals surface area contributed by atoms with Crippen molar-refractivity contribution < 1.29 is 4.42 Å². The molecule has 9 rings (SSSR count). The third-order valence-corrected chi connectivity index (χ3v) is 9.14. The van der Waals surface area contributed by atoms with Crippen molar-refractivity contribution >= 4 is 53.4 Å². The number of oxazole rings is 1. The Hall–Kier alpha value is -5.72. The van der Waals surface area contributed by atoms with E-state index in [1.165, 1.54) is 10.1 Å². The van der Waals surface area contributed by atoms with E-state index in [-0.39, 0.29) is 0 Å². The number of fused-ring (bicyclic) bond motifs is 7. The molecule has 0 atom stereocenters. The molecule has 0 saturated carbocycles. The monoisotopic (exact) mass is 582 g/mol. The zero-order chi connectivity index (χ0) is 29.0. The van der Waals surface area contributed by atoms with Crippen LogP contribution in [0.25, 0.3) is 87.7 Å². The van der Waals surface area contributed by atoms with E-state index in [2.05, 4.69) is 36.4 Å². The lowest BCUT2D eigenvalue weighted by molar-refractivity contribution is 0.623. The second kappa shape index (κ2) is 9.93. The minimum atomic E-state index is 0.613. The molecule has 0 aliphatic carbocycles. The maximum atomic E-state index is 6.55. The van der Waals surface area contributed by atoms with Gasteiger partial charge in [-0.25, -0.2) is 19.9 Å². The normalized spacial score (nSPS) is 11.6. The summed E-state index contributed by atoms with van der Waals surface area (Å²) in [5.41, 5.74) is 5.42. The van der Waals surface area contributed by atoms with Crippen molar-refractivity contribution in [3.8, 4) is 45.6 Å². The summed E-state index contributed by atoms with van der Waals surface area (Å²) in [5.74, 6) is 2.53. The van der Waals surface area contributed by atoms with Crippen molar-refractivity contribution in [2.24, 2.45) is 0 Å². The molecule has 0 fully saturated rings. The van der Waals surface area contributed by atoms with E-state index in [0.717, 1.165) is 54.2 Å². The predicted octanol–water partition coefficient (Wildman–Crippen LogP) is 10.2. The van der Waals surface area contributed by atoms with Gasteiger partial charge in [-0.1, -0.05) is 103 Å². The molecule has 0 amide bonds. The molecule has 0 saturated heterocycles. The van der Waals surface area contributed by atoms with Crippen LogP contribution in [0.15, 0.2) is 138 Å². The third-order valence-electron chi connectivity index (χ3n) is 7.94. The first-order chi connectivity index (χ1) is 21.8. The Morgan fingerprint density at radius 3 is 1.77 bits per heavy atom. The van der Waals surface area contributed by atoms with Gasteiger partial charge in [0.05, 0.1) is 0 Å². The summed E-state index contributed by atoms with van der Waals surface area (Å²) < 4.78 is 8.84. The van der Waals surface area contributed by atoms with E-state index < -0.39 is 0 Å². The molecule has 0 aliphatic rings. The van der Waals surface area contributed by atoms with Crippen LogP contribution in [0.2, 0.25) is 0 Å². The molecule has 0 unspecified atom stereocenters. The topological polar surface area (TPSA) is 64.7 Å². The molecular weight excluding hydrogens is 561 g/mol. The molecule has 0 aliphatic heterocycles. The third kappa shape index (κ3) is 4.00. The second-order valence-corrected chi connectivity index (χ2v) is 11.7. The summed E-state index contributed by atoms with van der Waals surface area (Å²) >= 11 is 1.75. The van der Waals surface area contributed by atoms with E-state index >= 15 is 0 Å². The van der Waals surface area contributed by atoms with Crippen LogP contribution in [0, 0.1) is 0 Å². The number of nitrogens with zero attached hydrogens (tertiary/aromatic N) is 4. The molecule has 3 heterocycles. The van der Waals surface area contributed by atoms with Crippen LogP contribution in [-0.2, 0) is 0 Å². The number of hydrogen-bond acceptors (Lipinski definition) is 6. The lowest BCUT2D eigenvalue weighted by Crippen LogP contribution is -2.00. The zero-order valence-electron chi connectivity index (χ0n) is 23.3. The number of hydrogen-bond donors (Lipinski definition) is 0. The van der Waals surface area contributed by atoms with Crippen LogP contribution in [0.1, 0.15) is 0 Å². The van der Waals surface area contributed by atoms with Crippen LogP contribution in [0.3, 0.4) is 0 Å². The van der Waals surface area contributed by atoms with Crippen molar-refractivity contribution in [2.45, 2.75) is 0 Å². The van der Waals surface area contributed by atoms with Crippen LogP contribution in [0.4, 0.5) is 0 Å². The summed E-state index contributed by atoms with van der Waals surface area (Å²) in [6, 6.07) is 45.1. The van der Waals surface area contributed by atoms with Gasteiger partial charge in [-0.2, -0.15) is 0 Å². The van der Waals surface area contributed by atoms with E-state index in [1.54, 1.807) is 11.3 Å². The van der Waals surface area contributed by atoms with Crippen LogP contribution < -0.4 is 0 Å². The van der Waals surface area contributed by atoms with Crippen LogP contribution in [-0.4, -0.2) is 19.9 Å². The maximum absolute atomic E-state index is 6.55. The summed E-state index contributed by atoms with van der Waals surface area (Å²) in [4.78, 5) is 20.0. The Morgan fingerprint density at radius 2 is 1.09 bits per heavy atom. The molecule has 6 heteroatoms. The first-order valence-corrected chi connectivity index (χ1v) is 15.2. The smallest absolute Gasteiger partial charge is 0.227 e. The molecule has 9 aromatic rings. The van der Waals surface area contributed by atoms with Gasteiger partial charge in [0.25, 0.3) is 0 Å². The summed E-state index contributed by atoms with van der Waals surface area (Å²) in [7, 11) is 0. The lowest BCUT2D eigenvalue weighted by Gasteiger charge is -2.11. The fourth-order valence-electron chi connectivity index (χ4n) is 5.89. The van der Waals surface area contributed by atoms with E-state index in [1.807, 2.05) is 97.1 Å². The summed E-state index contributed by atoms with van der Waals surface area (Å²) in [6.45, 7) is 0. The molecule has 0 spiro atoms. The quantitative estimate of drug-likeness (QED) is 0.207. The average molecular weight is 583 g/mol. The fraction of sp³-hybridized carbons (Fsp3) is 0. The molecule has 3 aromatic heterocycles. The van der Waals surface area contributed by atoms with Crippen molar-refractivity contribution in [1.82, 2.24) is 19.9 Å². The van der Waals surface area contributed by atoms with E-state index in [0.29, 0.717) is 23.4 Å². The summed E-state index contributed by atoms with van der Waals surface area (Å²) in [6.07, 6.45) is 0. The van der Waals surface area contributed by atoms with Crippen LogP contribution >= 0.6 is 11.3 Å². The predicted molar refractivity (Wildman–Crippen MR) is 180 cm³/mol. The Morgan fingerprint density at radius 1 is 0.500 bits per heavy atom. The van der Waals surface area contributed by atoms with Gasteiger partial charge in [0.1, 0.15) is 5.52 Å². The Kier molecular flexibility index (Phi) is 5.61. The first-order valence-electron chi connectivity index (χ1n) is 14.4. The number of aromatic nitrogens is 4. The molecule has 206 valence electrons. The minimum absolute atomic E-state index is 0.613. The van der Waals surface area contributed by atoms with E-state index in [4.69, 9.17) is 24.4 Å². The molecular formula is C38H22N4OS. The Labute approximate surface area is 256 Å². The molecule has 44 heavy (non-hydrogen) atoms. The number of benzene rings is 6. The van der Waals surface area contributed by atoms with E-state index in [9.17, 15) is 0 Å². The second-order valence-electron chi connectivity index (χ2n) is 10.7. The lowest BCUT2D eigenvalue weighted by atomic mass is 9.99. The van der Waals surface area contributed by atoms with Gasteiger partial charge >= 0.3 is 0 Å². The van der Waals surface area contributed by atoms with Gasteiger partial charge in [0.15, 0.2) is 23.1 Å². The van der Waals surface area contributed by atoms with Crippen LogP contribution in [0.5, 0.6) is 0 Å². The highest BCUT2D eigenvalue weighted by molar-refractivity contribution is 7.26. The van der Waals surface area contributed by atoms with Gasteiger partial charge in [0, 0.05) is 47.8 Å². The van der Waals surface area contributed by atoms with Gasteiger partial charge < -0.3 is 4.42 Å². The molecule has 0 N–H and O–H groups in total. The van der Waals surface area contributed by atoms with Gasteiger partial charge in [0.2, 0.25) is 5.89 Å². The molecule has 6 aromatic carbocycles. The number of thiophene rings is 1. The standard InChI is InChI=1S/C38H22N4OS/c1-4-12-23(13-5-1)35-40-36(24-14-6-2-7-15-24)42-37(41-35)28-22-26-20-21-29-33(43-38(39-29)25-16-8-3-9-17-25)31(26)32-27-18-10-11-19-30(27)44-34(28)32/h1-22H. The van der Waals surface area contributed by atoms with Gasteiger partial charge in [-0.05, 0) is 35.7 Å². The van der Waals surface area contributed by atoms with Crippen molar-refractivity contribution in [3.63, 3.8) is 0 Å². The van der Waals surface area contributed by atoms with Crippen molar-refractivity contribution in [3.05, 3.63) is 133 Å². The summed E-state index contributed by atoms with van der Waals surface area (Å²) in [5, 5.41) is 4.39. The van der Waals surface area contributed by atoms with Gasteiger partial charge in [-0.15, -0.1) is 11.3 Å². The minimum Gasteiger partial charge on any atom is -0.435 e. The number of rotatable bonds is 4. The zero-order valence-corrected chi connectivity index (χ0v) is 24.1. The highest BCUT2D eigenvalue weighted by atomic mass is 32.1.